The summed E-state index contributed by atoms with van der Waals surface area (Å²) in [6.45, 7) is 0. The van der Waals surface area contributed by atoms with Gasteiger partial charge in [0.1, 0.15) is 5.00 Å². The van der Waals surface area contributed by atoms with Crippen LogP contribution < -0.4 is 10.6 Å². The van der Waals surface area contributed by atoms with Crippen LogP contribution in [0.4, 0.5) is 9.80 Å². The number of hydrogen-bond acceptors (Lipinski definition) is 7. The number of carbonyl (C=O) groups is 3. The molecule has 9 nitrogen and oxygen atoms in total. The molecule has 0 spiro atoms. The molecule has 1 aromatic heterocycles. The van der Waals surface area contributed by atoms with Crippen LogP contribution in [0.5, 0.6) is 0 Å². The average molecular weight is 480 g/mol. The Hall–Kier alpha value is -2.76. The molecule has 1 aliphatic rings. The van der Waals surface area contributed by atoms with Gasteiger partial charge in [0, 0.05) is 18.7 Å². The van der Waals surface area contributed by atoms with E-state index in [0.29, 0.717) is 0 Å². The van der Waals surface area contributed by atoms with Gasteiger partial charge in [0.25, 0.3) is 11.8 Å². The van der Waals surface area contributed by atoms with Gasteiger partial charge in [-0.25, -0.2) is 13.2 Å². The lowest BCUT2D eigenvalue weighted by Crippen LogP contribution is -2.38. The maximum Gasteiger partial charge on any atom is 0.413 e. The second-order valence-electron chi connectivity index (χ2n) is 7.40. The molecule has 0 atom stereocenters. The number of rotatable bonds is 6. The van der Waals surface area contributed by atoms with Crippen molar-refractivity contribution in [1.82, 2.24) is 9.62 Å². The van der Waals surface area contributed by atoms with E-state index in [4.69, 9.17) is 0 Å². The summed E-state index contributed by atoms with van der Waals surface area (Å²) in [5, 5.41) is 6.50. The highest BCUT2D eigenvalue weighted by molar-refractivity contribution is 7.89. The molecule has 1 saturated carbocycles. The Labute approximate surface area is 190 Å². The largest absolute Gasteiger partial charge is 0.453 e. The van der Waals surface area contributed by atoms with Gasteiger partial charge in [-0.3, -0.25) is 14.9 Å². The van der Waals surface area contributed by atoms with Crippen molar-refractivity contribution in [3.05, 3.63) is 46.8 Å². The predicted octanol–water partition coefficient (Wildman–Crippen LogP) is 3.45. The van der Waals surface area contributed by atoms with E-state index in [9.17, 15) is 22.8 Å². The summed E-state index contributed by atoms with van der Waals surface area (Å²) in [6, 6.07) is 7.13. The standard InChI is InChI=1S/C21H25N3O6S2/c1-24(15-6-4-3-5-7-15)32(28,29)16-10-8-14(9-11-16)18(25)22-20-17(12-13-31-20)19(26)23-21(27)30-2/h8-13,15H,3-7H2,1-2H3,(H,22,25)(H,23,26,27). The lowest BCUT2D eigenvalue weighted by Gasteiger charge is -2.30. The summed E-state index contributed by atoms with van der Waals surface area (Å²) in [4.78, 5) is 36.1. The zero-order valence-electron chi connectivity index (χ0n) is 17.8. The number of amides is 3. The van der Waals surface area contributed by atoms with E-state index >= 15 is 0 Å². The molecule has 0 radical (unpaired) electrons. The molecule has 0 aliphatic heterocycles. The quantitative estimate of drug-likeness (QED) is 0.654. The van der Waals surface area contributed by atoms with Crippen LogP contribution in [0.1, 0.15) is 52.8 Å². The maximum absolute atomic E-state index is 12.9. The van der Waals surface area contributed by atoms with E-state index in [1.807, 2.05) is 5.32 Å². The van der Waals surface area contributed by atoms with Gasteiger partial charge in [-0.2, -0.15) is 4.31 Å². The third-order valence-corrected chi connectivity index (χ3v) is 8.17. The summed E-state index contributed by atoms with van der Waals surface area (Å²) in [7, 11) is -0.921. The van der Waals surface area contributed by atoms with Crippen LogP contribution in [0.3, 0.4) is 0 Å². The van der Waals surface area contributed by atoms with Crippen molar-refractivity contribution in [2.75, 3.05) is 19.5 Å². The summed E-state index contributed by atoms with van der Waals surface area (Å²) in [5.41, 5.74) is 0.346. The third kappa shape index (κ3) is 5.34. The Morgan fingerprint density at radius 3 is 2.31 bits per heavy atom. The number of nitrogens with zero attached hydrogens (tertiary/aromatic N) is 1. The Morgan fingerprint density at radius 1 is 1.03 bits per heavy atom. The van der Waals surface area contributed by atoms with Crippen LogP contribution >= 0.6 is 11.3 Å². The molecule has 0 saturated heterocycles. The van der Waals surface area contributed by atoms with E-state index in [2.05, 4.69) is 10.1 Å². The number of carbonyl (C=O) groups excluding carboxylic acids is 3. The fraction of sp³-hybridized carbons (Fsp3) is 0.381. The van der Waals surface area contributed by atoms with Crippen molar-refractivity contribution in [3.8, 4) is 0 Å². The Bertz CT molecular complexity index is 1090. The van der Waals surface area contributed by atoms with Crippen LogP contribution in [0.25, 0.3) is 0 Å². The normalized spacial score (nSPS) is 14.7. The van der Waals surface area contributed by atoms with Gasteiger partial charge in [-0.1, -0.05) is 19.3 Å². The highest BCUT2D eigenvalue weighted by Gasteiger charge is 2.29. The number of sulfonamides is 1. The van der Waals surface area contributed by atoms with E-state index in [-0.39, 0.29) is 27.1 Å². The molecular formula is C21H25N3O6S2. The number of ether oxygens (including phenoxy) is 1. The van der Waals surface area contributed by atoms with Gasteiger partial charge in [0.05, 0.1) is 17.6 Å². The average Bonchev–Trinajstić information content (AvgIpc) is 3.27. The van der Waals surface area contributed by atoms with E-state index < -0.39 is 27.9 Å². The van der Waals surface area contributed by atoms with Crippen LogP contribution in [0, 0.1) is 0 Å². The summed E-state index contributed by atoms with van der Waals surface area (Å²) in [5.74, 6) is -1.22. The highest BCUT2D eigenvalue weighted by Crippen LogP contribution is 2.27. The Morgan fingerprint density at radius 2 is 1.69 bits per heavy atom. The zero-order valence-corrected chi connectivity index (χ0v) is 19.4. The van der Waals surface area contributed by atoms with Crippen molar-refractivity contribution >= 4 is 44.3 Å². The fourth-order valence-electron chi connectivity index (χ4n) is 3.56. The Balaban J connectivity index is 1.70. The van der Waals surface area contributed by atoms with Gasteiger partial charge in [0.15, 0.2) is 0 Å². The summed E-state index contributed by atoms with van der Waals surface area (Å²) < 4.78 is 31.7. The van der Waals surface area contributed by atoms with Crippen LogP contribution in [-0.2, 0) is 14.8 Å². The number of hydrogen-bond donors (Lipinski definition) is 2. The lowest BCUT2D eigenvalue weighted by atomic mass is 9.96. The molecule has 0 unspecified atom stereocenters. The van der Waals surface area contributed by atoms with Crippen molar-refractivity contribution in [1.29, 1.82) is 0 Å². The van der Waals surface area contributed by atoms with Crippen molar-refractivity contribution in [2.24, 2.45) is 0 Å². The number of thiophene rings is 1. The van der Waals surface area contributed by atoms with Crippen LogP contribution in [-0.4, -0.2) is 50.8 Å². The second kappa shape index (κ2) is 10.2. The number of methoxy groups -OCH3 is 1. The molecule has 3 rings (SSSR count). The lowest BCUT2D eigenvalue weighted by molar-refractivity contribution is 0.0938. The topological polar surface area (TPSA) is 122 Å². The summed E-state index contributed by atoms with van der Waals surface area (Å²) >= 11 is 1.12. The maximum atomic E-state index is 12.9. The molecule has 0 bridgehead atoms. The predicted molar refractivity (Wildman–Crippen MR) is 120 cm³/mol. The number of benzene rings is 1. The monoisotopic (exact) mass is 479 g/mol. The fourth-order valence-corrected chi connectivity index (χ4v) is 5.75. The van der Waals surface area contributed by atoms with Gasteiger partial charge >= 0.3 is 6.09 Å². The number of anilines is 1. The van der Waals surface area contributed by atoms with Gasteiger partial charge in [-0.15, -0.1) is 11.3 Å². The molecule has 172 valence electrons. The minimum absolute atomic E-state index is 0.00916. The van der Waals surface area contributed by atoms with Crippen LogP contribution in [0.2, 0.25) is 0 Å². The van der Waals surface area contributed by atoms with Crippen LogP contribution in [0.15, 0.2) is 40.6 Å². The number of imide groups is 1. The highest BCUT2D eigenvalue weighted by atomic mass is 32.2. The number of nitrogens with one attached hydrogen (secondary N) is 2. The van der Waals surface area contributed by atoms with E-state index in [1.54, 1.807) is 12.4 Å². The van der Waals surface area contributed by atoms with Crippen molar-refractivity contribution in [3.63, 3.8) is 0 Å². The molecule has 11 heteroatoms. The molecule has 3 amide bonds. The molecule has 1 aromatic carbocycles. The molecular weight excluding hydrogens is 454 g/mol. The van der Waals surface area contributed by atoms with Gasteiger partial charge < -0.3 is 10.1 Å². The summed E-state index contributed by atoms with van der Waals surface area (Å²) in [6.07, 6.45) is 3.96. The first-order valence-corrected chi connectivity index (χ1v) is 12.4. The first-order valence-electron chi connectivity index (χ1n) is 10.1. The molecule has 1 aliphatic carbocycles. The van der Waals surface area contributed by atoms with Crippen molar-refractivity contribution in [2.45, 2.75) is 43.0 Å². The molecule has 1 heterocycles. The number of alkyl carbamates (subject to hydrolysis) is 1. The van der Waals surface area contributed by atoms with Crippen molar-refractivity contribution < 1.29 is 27.5 Å². The van der Waals surface area contributed by atoms with E-state index in [1.165, 1.54) is 34.6 Å². The molecule has 1 fully saturated rings. The smallest absolute Gasteiger partial charge is 0.413 e. The first-order chi connectivity index (χ1) is 15.2. The SMILES string of the molecule is COC(=O)NC(=O)c1ccsc1NC(=O)c1ccc(S(=O)(=O)N(C)C2CCCCC2)cc1. The first kappa shape index (κ1) is 23.9. The minimum atomic E-state index is -3.66. The molecule has 32 heavy (non-hydrogen) atoms. The van der Waals surface area contributed by atoms with Gasteiger partial charge in [0.2, 0.25) is 10.0 Å². The second-order valence-corrected chi connectivity index (χ2v) is 10.3. The van der Waals surface area contributed by atoms with Gasteiger partial charge in [-0.05, 0) is 48.6 Å². The molecule has 2 N–H and O–H groups in total. The Kier molecular flexibility index (Phi) is 7.64. The third-order valence-electron chi connectivity index (χ3n) is 5.42. The van der Waals surface area contributed by atoms with E-state index in [0.717, 1.165) is 50.6 Å². The minimum Gasteiger partial charge on any atom is -0.453 e. The molecule has 2 aromatic rings. The zero-order chi connectivity index (χ0) is 23.3.